The van der Waals surface area contributed by atoms with Gasteiger partial charge in [0.15, 0.2) is 0 Å². The highest BCUT2D eigenvalue weighted by Crippen LogP contribution is 2.28. The van der Waals surface area contributed by atoms with Gasteiger partial charge in [-0.3, -0.25) is 0 Å². The molecule has 0 aliphatic rings. The quantitative estimate of drug-likeness (QED) is 0.667. The molecule has 0 aliphatic carbocycles. The van der Waals surface area contributed by atoms with E-state index in [9.17, 15) is 0 Å². The number of hydrogen-bond donors (Lipinski definition) is 1. The van der Waals surface area contributed by atoms with Gasteiger partial charge in [-0.15, -0.1) is 11.3 Å². The summed E-state index contributed by atoms with van der Waals surface area (Å²) in [4.78, 5) is 1.39. The Balaban J connectivity index is 2.13. The van der Waals surface area contributed by atoms with Crippen molar-refractivity contribution in [3.05, 3.63) is 55.1 Å². The minimum atomic E-state index is 0.394. The van der Waals surface area contributed by atoms with Crippen molar-refractivity contribution in [3.8, 4) is 0 Å². The Bertz CT molecular complexity index is 524. The first-order valence-electron chi connectivity index (χ1n) is 6.40. The Kier molecular flexibility index (Phi) is 6.07. The summed E-state index contributed by atoms with van der Waals surface area (Å²) in [5.41, 5.74) is 1.35. The Labute approximate surface area is 135 Å². The van der Waals surface area contributed by atoms with Gasteiger partial charge in [0.1, 0.15) is 0 Å². The van der Waals surface area contributed by atoms with E-state index in [1.807, 2.05) is 11.3 Å². The number of halogens is 2. The van der Waals surface area contributed by atoms with Crippen LogP contribution in [-0.4, -0.2) is 6.54 Å². The Morgan fingerprint density at radius 1 is 1.21 bits per heavy atom. The number of hydrogen-bond acceptors (Lipinski definition) is 2. The minimum Gasteiger partial charge on any atom is -0.309 e. The molecule has 0 amide bonds. The van der Waals surface area contributed by atoms with E-state index >= 15 is 0 Å². The fourth-order valence-corrected chi connectivity index (χ4v) is 3.97. The van der Waals surface area contributed by atoms with Crippen LogP contribution in [0.15, 0.2) is 44.7 Å². The van der Waals surface area contributed by atoms with Crippen molar-refractivity contribution in [2.45, 2.75) is 25.8 Å². The zero-order valence-electron chi connectivity index (χ0n) is 10.8. The van der Waals surface area contributed by atoms with Gasteiger partial charge in [-0.25, -0.2) is 0 Å². The lowest BCUT2D eigenvalue weighted by atomic mass is 10.0. The van der Waals surface area contributed by atoms with Crippen LogP contribution < -0.4 is 5.32 Å². The maximum absolute atomic E-state index is 3.64. The molecule has 0 saturated carbocycles. The molecule has 1 heterocycles. The molecule has 0 fully saturated rings. The number of benzene rings is 1. The summed E-state index contributed by atoms with van der Waals surface area (Å²) in [7, 11) is 0. The van der Waals surface area contributed by atoms with Crippen LogP contribution in [0.25, 0.3) is 0 Å². The zero-order valence-corrected chi connectivity index (χ0v) is 14.8. The highest BCUT2D eigenvalue weighted by Gasteiger charge is 2.13. The molecule has 1 nitrogen and oxygen atoms in total. The second-order valence-corrected chi connectivity index (χ2v) is 7.28. The van der Waals surface area contributed by atoms with Gasteiger partial charge >= 0.3 is 0 Å². The van der Waals surface area contributed by atoms with Crippen LogP contribution in [0.5, 0.6) is 0 Å². The molecule has 0 spiro atoms. The summed E-state index contributed by atoms with van der Waals surface area (Å²) in [6, 6.07) is 11.2. The van der Waals surface area contributed by atoms with Gasteiger partial charge in [0.25, 0.3) is 0 Å². The second kappa shape index (κ2) is 7.58. The predicted molar refractivity (Wildman–Crippen MR) is 90.9 cm³/mol. The van der Waals surface area contributed by atoms with Gasteiger partial charge in [0, 0.05) is 25.2 Å². The topological polar surface area (TPSA) is 12.0 Å². The molecule has 1 atom stereocenters. The van der Waals surface area contributed by atoms with Crippen molar-refractivity contribution >= 4 is 43.2 Å². The van der Waals surface area contributed by atoms with Gasteiger partial charge in [-0.1, -0.05) is 35.0 Å². The molecule has 1 N–H and O–H groups in total. The van der Waals surface area contributed by atoms with Crippen molar-refractivity contribution < 1.29 is 0 Å². The Morgan fingerprint density at radius 2 is 2.05 bits per heavy atom. The first-order valence-corrected chi connectivity index (χ1v) is 8.87. The van der Waals surface area contributed by atoms with Gasteiger partial charge in [-0.05, 0) is 59.1 Å². The van der Waals surface area contributed by atoms with E-state index in [0.29, 0.717) is 6.04 Å². The summed E-state index contributed by atoms with van der Waals surface area (Å²) in [5.74, 6) is 0. The second-order valence-electron chi connectivity index (χ2n) is 4.51. The Hall–Kier alpha value is -0.160. The minimum absolute atomic E-state index is 0.394. The summed E-state index contributed by atoms with van der Waals surface area (Å²) < 4.78 is 2.32. The van der Waals surface area contributed by atoms with Crippen LogP contribution in [0.1, 0.15) is 29.8 Å². The highest BCUT2D eigenvalue weighted by atomic mass is 79.9. The molecule has 0 bridgehead atoms. The molecule has 1 unspecified atom stereocenters. The molecular formula is C15H17Br2NS. The van der Waals surface area contributed by atoms with Crippen LogP contribution in [0.4, 0.5) is 0 Å². The van der Waals surface area contributed by atoms with E-state index in [1.165, 1.54) is 14.9 Å². The predicted octanol–water partition coefficient (Wildman–Crippen LogP) is 5.56. The fraction of sp³-hybridized carbons (Fsp3) is 0.333. The van der Waals surface area contributed by atoms with E-state index in [-0.39, 0.29) is 0 Å². The van der Waals surface area contributed by atoms with Crippen LogP contribution in [0.3, 0.4) is 0 Å². The first kappa shape index (κ1) is 15.2. The lowest BCUT2D eigenvalue weighted by molar-refractivity contribution is 0.536. The molecule has 4 heteroatoms. The number of nitrogens with one attached hydrogen (secondary N) is 1. The molecular weight excluding hydrogens is 386 g/mol. The van der Waals surface area contributed by atoms with Crippen molar-refractivity contribution in [1.82, 2.24) is 5.32 Å². The average molecular weight is 403 g/mol. The lowest BCUT2D eigenvalue weighted by Crippen LogP contribution is -2.23. The third-order valence-electron chi connectivity index (χ3n) is 2.90. The summed E-state index contributed by atoms with van der Waals surface area (Å²) in [5, 5.41) is 5.79. The molecule has 102 valence electrons. The zero-order chi connectivity index (χ0) is 13.7. The molecule has 1 aromatic carbocycles. The summed E-state index contributed by atoms with van der Waals surface area (Å²) in [6.45, 7) is 3.25. The van der Waals surface area contributed by atoms with Crippen LogP contribution in [0.2, 0.25) is 0 Å². The average Bonchev–Trinajstić information content (AvgIpc) is 2.81. The number of thiophene rings is 1. The maximum atomic E-state index is 3.64. The fourth-order valence-electron chi connectivity index (χ4n) is 2.00. The van der Waals surface area contributed by atoms with Gasteiger partial charge in [0.05, 0.1) is 0 Å². The molecule has 2 rings (SSSR count). The molecule has 0 aliphatic heterocycles. The summed E-state index contributed by atoms with van der Waals surface area (Å²) in [6.07, 6.45) is 2.17. The SMILES string of the molecule is CCCNC(Cc1cccc(Br)c1)c1cc(Br)cs1. The molecule has 0 saturated heterocycles. The van der Waals surface area contributed by atoms with Crippen molar-refractivity contribution in [2.75, 3.05) is 6.54 Å². The first-order chi connectivity index (χ1) is 9.19. The van der Waals surface area contributed by atoms with Gasteiger partial charge in [-0.2, -0.15) is 0 Å². The molecule has 0 radical (unpaired) electrons. The van der Waals surface area contributed by atoms with E-state index in [2.05, 4.69) is 79.8 Å². The largest absolute Gasteiger partial charge is 0.309 e. The lowest BCUT2D eigenvalue weighted by Gasteiger charge is -2.17. The van der Waals surface area contributed by atoms with E-state index in [1.54, 1.807) is 0 Å². The standard InChI is InChI=1S/C15H17Br2NS/c1-2-6-18-14(15-9-13(17)10-19-15)8-11-4-3-5-12(16)7-11/h3-5,7,9-10,14,18H,2,6,8H2,1H3. The van der Waals surface area contributed by atoms with Crippen molar-refractivity contribution in [3.63, 3.8) is 0 Å². The molecule has 19 heavy (non-hydrogen) atoms. The monoisotopic (exact) mass is 401 g/mol. The van der Waals surface area contributed by atoms with Crippen molar-refractivity contribution in [2.24, 2.45) is 0 Å². The van der Waals surface area contributed by atoms with Crippen LogP contribution in [0, 0.1) is 0 Å². The van der Waals surface area contributed by atoms with E-state index in [4.69, 9.17) is 0 Å². The molecule has 1 aromatic heterocycles. The highest BCUT2D eigenvalue weighted by molar-refractivity contribution is 9.10. The third kappa shape index (κ3) is 4.71. The van der Waals surface area contributed by atoms with Crippen molar-refractivity contribution in [1.29, 1.82) is 0 Å². The molecule has 2 aromatic rings. The van der Waals surface area contributed by atoms with E-state index < -0.39 is 0 Å². The number of rotatable bonds is 6. The smallest absolute Gasteiger partial charge is 0.0456 e. The van der Waals surface area contributed by atoms with Gasteiger partial charge < -0.3 is 5.32 Å². The maximum Gasteiger partial charge on any atom is 0.0456 e. The van der Waals surface area contributed by atoms with Gasteiger partial charge in [0.2, 0.25) is 0 Å². The van der Waals surface area contributed by atoms with Crippen LogP contribution >= 0.6 is 43.2 Å². The van der Waals surface area contributed by atoms with Crippen LogP contribution in [-0.2, 0) is 6.42 Å². The Morgan fingerprint density at radius 3 is 2.68 bits per heavy atom. The summed E-state index contributed by atoms with van der Waals surface area (Å²) >= 11 is 8.89. The third-order valence-corrected chi connectivity index (χ3v) is 5.20. The normalized spacial score (nSPS) is 12.6. The van der Waals surface area contributed by atoms with E-state index in [0.717, 1.165) is 23.9 Å².